The maximum absolute atomic E-state index is 5.78. The molecule has 1 fully saturated rings. The molecule has 1 heterocycles. The second-order valence-electron chi connectivity index (χ2n) is 4.38. The first-order valence-corrected chi connectivity index (χ1v) is 6.53. The second-order valence-corrected chi connectivity index (χ2v) is 4.38. The lowest BCUT2D eigenvalue weighted by Gasteiger charge is -2.15. The minimum absolute atomic E-state index is 0.147. The largest absolute Gasteiger partial charge is 0.490 e. The van der Waals surface area contributed by atoms with Crippen LogP contribution >= 0.6 is 0 Å². The third kappa shape index (κ3) is 3.37. The lowest BCUT2D eigenvalue weighted by atomic mass is 10.2. The van der Waals surface area contributed by atoms with Crippen LogP contribution in [0.5, 0.6) is 11.5 Å². The number of ether oxygens (including phenoxy) is 3. The zero-order valence-electron chi connectivity index (χ0n) is 10.8. The molecule has 0 radical (unpaired) electrons. The Balaban J connectivity index is 1.86. The minimum atomic E-state index is 0.147. The average molecular weight is 251 g/mol. The van der Waals surface area contributed by atoms with E-state index in [0.29, 0.717) is 19.8 Å². The predicted octanol–water partition coefficient (Wildman–Crippen LogP) is 1.97. The Labute approximate surface area is 108 Å². The van der Waals surface area contributed by atoms with Crippen LogP contribution in [0.1, 0.15) is 19.8 Å². The molecule has 0 aromatic heterocycles. The van der Waals surface area contributed by atoms with Crippen molar-refractivity contribution in [2.45, 2.75) is 32.0 Å². The summed E-state index contributed by atoms with van der Waals surface area (Å²) in [5.74, 6) is 1.56. The molecule has 0 saturated carbocycles. The van der Waals surface area contributed by atoms with Gasteiger partial charge in [-0.15, -0.1) is 0 Å². The third-order valence-corrected chi connectivity index (χ3v) is 3.03. The molecular formula is C14H21NO3. The van der Waals surface area contributed by atoms with Crippen molar-refractivity contribution < 1.29 is 14.2 Å². The number of nitrogens with two attached hydrogens (primary N) is 1. The molecule has 1 aliphatic heterocycles. The van der Waals surface area contributed by atoms with Gasteiger partial charge in [-0.05, 0) is 31.9 Å². The molecule has 4 heteroatoms. The normalized spacial score (nSPS) is 23.0. The van der Waals surface area contributed by atoms with Crippen molar-refractivity contribution in [3.63, 3.8) is 0 Å². The van der Waals surface area contributed by atoms with Gasteiger partial charge in [0.15, 0.2) is 11.5 Å². The molecule has 4 nitrogen and oxygen atoms in total. The minimum Gasteiger partial charge on any atom is -0.490 e. The van der Waals surface area contributed by atoms with Crippen LogP contribution in [0.25, 0.3) is 0 Å². The lowest BCUT2D eigenvalue weighted by molar-refractivity contribution is 0.0216. The summed E-state index contributed by atoms with van der Waals surface area (Å²) < 4.78 is 17.0. The average Bonchev–Trinajstić information content (AvgIpc) is 2.86. The van der Waals surface area contributed by atoms with Crippen molar-refractivity contribution in [1.82, 2.24) is 0 Å². The van der Waals surface area contributed by atoms with Crippen LogP contribution in [-0.4, -0.2) is 32.0 Å². The molecular weight excluding hydrogens is 230 g/mol. The van der Waals surface area contributed by atoms with Gasteiger partial charge in [0.05, 0.1) is 18.8 Å². The molecule has 0 spiro atoms. The van der Waals surface area contributed by atoms with E-state index in [1.54, 1.807) is 0 Å². The van der Waals surface area contributed by atoms with Crippen molar-refractivity contribution in [3.05, 3.63) is 24.3 Å². The van der Waals surface area contributed by atoms with Crippen LogP contribution in [0.15, 0.2) is 24.3 Å². The highest BCUT2D eigenvalue weighted by molar-refractivity contribution is 5.39. The summed E-state index contributed by atoms with van der Waals surface area (Å²) in [6, 6.07) is 7.71. The summed E-state index contributed by atoms with van der Waals surface area (Å²) in [5.41, 5.74) is 5.58. The Morgan fingerprint density at radius 1 is 1.17 bits per heavy atom. The van der Waals surface area contributed by atoms with Gasteiger partial charge >= 0.3 is 0 Å². The molecule has 1 aromatic carbocycles. The van der Waals surface area contributed by atoms with Gasteiger partial charge < -0.3 is 19.9 Å². The predicted molar refractivity (Wildman–Crippen MR) is 70.1 cm³/mol. The van der Waals surface area contributed by atoms with Crippen LogP contribution in [0.4, 0.5) is 0 Å². The third-order valence-electron chi connectivity index (χ3n) is 3.03. The molecule has 2 unspecified atom stereocenters. The maximum atomic E-state index is 5.78. The van der Waals surface area contributed by atoms with Crippen molar-refractivity contribution in [2.75, 3.05) is 19.8 Å². The Morgan fingerprint density at radius 2 is 1.83 bits per heavy atom. The first kappa shape index (κ1) is 13.2. The molecule has 0 amide bonds. The molecule has 1 saturated heterocycles. The van der Waals surface area contributed by atoms with E-state index in [2.05, 4.69) is 0 Å². The quantitative estimate of drug-likeness (QED) is 0.840. The van der Waals surface area contributed by atoms with Gasteiger partial charge in [0, 0.05) is 6.54 Å². The van der Waals surface area contributed by atoms with Crippen LogP contribution in [-0.2, 0) is 4.74 Å². The monoisotopic (exact) mass is 251 g/mol. The van der Waals surface area contributed by atoms with Crippen LogP contribution in [0.2, 0.25) is 0 Å². The van der Waals surface area contributed by atoms with Gasteiger partial charge in [-0.3, -0.25) is 0 Å². The number of benzene rings is 1. The summed E-state index contributed by atoms with van der Waals surface area (Å²) in [6.45, 7) is 3.74. The van der Waals surface area contributed by atoms with Crippen molar-refractivity contribution in [3.8, 4) is 11.5 Å². The van der Waals surface area contributed by atoms with E-state index >= 15 is 0 Å². The molecule has 0 aliphatic carbocycles. The van der Waals surface area contributed by atoms with Crippen molar-refractivity contribution in [2.24, 2.45) is 5.73 Å². The van der Waals surface area contributed by atoms with E-state index in [1.807, 2.05) is 31.2 Å². The van der Waals surface area contributed by atoms with Gasteiger partial charge in [0.25, 0.3) is 0 Å². The number of hydrogen-bond acceptors (Lipinski definition) is 4. The molecule has 2 N–H and O–H groups in total. The number of rotatable bonds is 6. The molecule has 1 aliphatic rings. The van der Waals surface area contributed by atoms with E-state index < -0.39 is 0 Å². The SMILES string of the molecule is CCOc1ccccc1OCC1CCC(CN)O1. The van der Waals surface area contributed by atoms with E-state index in [0.717, 1.165) is 24.3 Å². The number of para-hydroxylation sites is 2. The zero-order chi connectivity index (χ0) is 12.8. The second kappa shape index (κ2) is 6.61. The Bertz CT molecular complexity index is 370. The summed E-state index contributed by atoms with van der Waals surface area (Å²) >= 11 is 0. The molecule has 18 heavy (non-hydrogen) atoms. The smallest absolute Gasteiger partial charge is 0.161 e. The fraction of sp³-hybridized carbons (Fsp3) is 0.571. The number of hydrogen-bond donors (Lipinski definition) is 1. The molecule has 2 atom stereocenters. The van der Waals surface area contributed by atoms with E-state index in [-0.39, 0.29) is 12.2 Å². The topological polar surface area (TPSA) is 53.7 Å². The fourth-order valence-corrected chi connectivity index (χ4v) is 2.10. The zero-order valence-corrected chi connectivity index (χ0v) is 10.8. The molecule has 1 aromatic rings. The van der Waals surface area contributed by atoms with Crippen LogP contribution in [0, 0.1) is 0 Å². The first-order chi connectivity index (χ1) is 8.83. The highest BCUT2D eigenvalue weighted by atomic mass is 16.6. The highest BCUT2D eigenvalue weighted by Gasteiger charge is 2.24. The fourth-order valence-electron chi connectivity index (χ4n) is 2.10. The molecule has 2 rings (SSSR count). The van der Waals surface area contributed by atoms with E-state index in [4.69, 9.17) is 19.9 Å². The Hall–Kier alpha value is -1.26. The first-order valence-electron chi connectivity index (χ1n) is 6.53. The molecule has 0 bridgehead atoms. The van der Waals surface area contributed by atoms with E-state index in [9.17, 15) is 0 Å². The standard InChI is InChI=1S/C14H21NO3/c1-2-16-13-5-3-4-6-14(13)17-10-12-8-7-11(9-15)18-12/h3-6,11-12H,2,7-10,15H2,1H3. The highest BCUT2D eigenvalue weighted by Crippen LogP contribution is 2.27. The Kier molecular flexibility index (Phi) is 4.84. The van der Waals surface area contributed by atoms with Gasteiger partial charge in [0.2, 0.25) is 0 Å². The van der Waals surface area contributed by atoms with Crippen molar-refractivity contribution >= 4 is 0 Å². The van der Waals surface area contributed by atoms with Gasteiger partial charge in [-0.25, -0.2) is 0 Å². The maximum Gasteiger partial charge on any atom is 0.161 e. The summed E-state index contributed by atoms with van der Waals surface area (Å²) in [7, 11) is 0. The summed E-state index contributed by atoms with van der Waals surface area (Å²) in [4.78, 5) is 0. The molecule has 100 valence electrons. The van der Waals surface area contributed by atoms with Crippen molar-refractivity contribution in [1.29, 1.82) is 0 Å². The summed E-state index contributed by atoms with van der Waals surface area (Å²) in [6.07, 6.45) is 2.38. The van der Waals surface area contributed by atoms with Gasteiger partial charge in [0.1, 0.15) is 6.61 Å². The van der Waals surface area contributed by atoms with Crippen LogP contribution in [0.3, 0.4) is 0 Å². The Morgan fingerprint density at radius 3 is 2.44 bits per heavy atom. The lowest BCUT2D eigenvalue weighted by Crippen LogP contribution is -2.23. The summed E-state index contributed by atoms with van der Waals surface area (Å²) in [5, 5.41) is 0. The van der Waals surface area contributed by atoms with Crippen LogP contribution < -0.4 is 15.2 Å². The van der Waals surface area contributed by atoms with Gasteiger partial charge in [-0.2, -0.15) is 0 Å². The van der Waals surface area contributed by atoms with E-state index in [1.165, 1.54) is 0 Å². The van der Waals surface area contributed by atoms with Gasteiger partial charge in [-0.1, -0.05) is 12.1 Å².